The van der Waals surface area contributed by atoms with Crippen molar-refractivity contribution in [2.75, 3.05) is 0 Å². The normalized spacial score (nSPS) is 16.3. The van der Waals surface area contributed by atoms with Crippen LogP contribution in [0.4, 0.5) is 0 Å². The highest BCUT2D eigenvalue weighted by Gasteiger charge is 2.33. The highest BCUT2D eigenvalue weighted by atomic mass is 32.2. The second-order valence-electron chi connectivity index (χ2n) is 7.49. The van der Waals surface area contributed by atoms with Crippen molar-refractivity contribution < 1.29 is 13.2 Å². The van der Waals surface area contributed by atoms with Gasteiger partial charge in [0.1, 0.15) is 11.4 Å². The van der Waals surface area contributed by atoms with Gasteiger partial charge in [-0.3, -0.25) is 0 Å². The summed E-state index contributed by atoms with van der Waals surface area (Å²) in [4.78, 5) is 0.309. The van der Waals surface area contributed by atoms with Gasteiger partial charge < -0.3 is 4.74 Å². The van der Waals surface area contributed by atoms with Crippen LogP contribution >= 0.6 is 0 Å². The Morgan fingerprint density at radius 1 is 1.04 bits per heavy atom. The molecule has 5 heteroatoms. The largest absolute Gasteiger partial charge is 0.487 e. The first kappa shape index (κ1) is 18.6. The monoisotopic (exact) mass is 371 g/mol. The zero-order valence-corrected chi connectivity index (χ0v) is 16.8. The Labute approximate surface area is 156 Å². The van der Waals surface area contributed by atoms with Crippen molar-refractivity contribution in [2.24, 2.45) is 4.40 Å². The van der Waals surface area contributed by atoms with E-state index in [1.165, 1.54) is 6.21 Å². The van der Waals surface area contributed by atoms with Crippen LogP contribution in [-0.4, -0.2) is 20.2 Å². The van der Waals surface area contributed by atoms with E-state index < -0.39 is 10.0 Å². The van der Waals surface area contributed by atoms with E-state index >= 15 is 0 Å². The molecule has 138 valence electrons. The minimum absolute atomic E-state index is 0.234. The van der Waals surface area contributed by atoms with Gasteiger partial charge in [0.2, 0.25) is 0 Å². The van der Waals surface area contributed by atoms with Crippen LogP contribution in [0, 0.1) is 20.8 Å². The molecule has 1 aliphatic rings. The summed E-state index contributed by atoms with van der Waals surface area (Å²) >= 11 is 0. The molecule has 0 saturated carbocycles. The molecular formula is C21H25NO3S. The molecule has 1 heterocycles. The van der Waals surface area contributed by atoms with E-state index in [2.05, 4.69) is 18.2 Å². The van der Waals surface area contributed by atoms with Crippen LogP contribution < -0.4 is 4.74 Å². The van der Waals surface area contributed by atoms with Crippen LogP contribution in [0.1, 0.15) is 48.1 Å². The lowest BCUT2D eigenvalue weighted by molar-refractivity contribution is 0.0832. The van der Waals surface area contributed by atoms with Gasteiger partial charge in [-0.1, -0.05) is 30.3 Å². The molecule has 0 unspecified atom stereocenters. The molecule has 4 nitrogen and oxygen atoms in total. The average molecular weight is 372 g/mol. The minimum Gasteiger partial charge on any atom is -0.487 e. The molecule has 0 aromatic heterocycles. The summed E-state index contributed by atoms with van der Waals surface area (Å²) in [6.07, 6.45) is 3.07. The van der Waals surface area contributed by atoms with E-state index in [0.29, 0.717) is 10.5 Å². The van der Waals surface area contributed by atoms with E-state index in [4.69, 9.17) is 4.74 Å². The maximum absolute atomic E-state index is 13.0. The van der Waals surface area contributed by atoms with Crippen molar-refractivity contribution in [3.63, 3.8) is 0 Å². The molecule has 0 fully saturated rings. The first-order valence-corrected chi connectivity index (χ1v) is 10.2. The summed E-state index contributed by atoms with van der Waals surface area (Å²) in [6.45, 7) is 9.75. The van der Waals surface area contributed by atoms with Gasteiger partial charge in [-0.15, -0.1) is 0 Å². The van der Waals surface area contributed by atoms with Crippen LogP contribution in [0.15, 0.2) is 39.6 Å². The summed E-state index contributed by atoms with van der Waals surface area (Å²) in [5.74, 6) is 0.835. The number of benzene rings is 2. The number of nitrogens with zero attached hydrogens (tertiary/aromatic N) is 1. The minimum atomic E-state index is -3.79. The molecular weight excluding hydrogens is 346 g/mol. The Morgan fingerprint density at radius 3 is 2.35 bits per heavy atom. The van der Waals surface area contributed by atoms with Crippen molar-refractivity contribution in [1.29, 1.82) is 0 Å². The Kier molecular flexibility index (Phi) is 4.69. The molecule has 0 radical (unpaired) electrons. The molecule has 0 N–H and O–H groups in total. The van der Waals surface area contributed by atoms with E-state index in [1.54, 1.807) is 0 Å². The lowest BCUT2D eigenvalue weighted by atomic mass is 9.88. The number of hydrogen-bond acceptors (Lipinski definition) is 3. The average Bonchev–Trinajstić information content (AvgIpc) is 2.58. The zero-order valence-electron chi connectivity index (χ0n) is 16.0. The summed E-state index contributed by atoms with van der Waals surface area (Å²) in [6, 6.07) is 9.24. The predicted octanol–water partition coefficient (Wildman–Crippen LogP) is 4.52. The summed E-state index contributed by atoms with van der Waals surface area (Å²) in [5.41, 5.74) is 3.86. The molecule has 3 rings (SSSR count). The second-order valence-corrected chi connectivity index (χ2v) is 9.06. The lowest BCUT2D eigenvalue weighted by Crippen LogP contribution is -2.33. The van der Waals surface area contributed by atoms with E-state index in [-0.39, 0.29) is 5.60 Å². The van der Waals surface area contributed by atoms with Gasteiger partial charge in [0, 0.05) is 6.21 Å². The lowest BCUT2D eigenvalue weighted by Gasteiger charge is -2.35. The van der Waals surface area contributed by atoms with E-state index in [9.17, 15) is 8.42 Å². The molecule has 0 saturated heterocycles. The molecule has 2 aromatic carbocycles. The Hall–Kier alpha value is -2.14. The molecule has 0 amide bonds. The number of hydrogen-bond donors (Lipinski definition) is 0. The van der Waals surface area contributed by atoms with Crippen molar-refractivity contribution in [1.82, 2.24) is 0 Å². The van der Waals surface area contributed by atoms with Crippen LogP contribution in [-0.2, 0) is 16.4 Å². The molecule has 1 aliphatic heterocycles. The number of rotatable bonds is 3. The maximum atomic E-state index is 13.0. The predicted molar refractivity (Wildman–Crippen MR) is 105 cm³/mol. The summed E-state index contributed by atoms with van der Waals surface area (Å²) < 4.78 is 36.1. The highest BCUT2D eigenvalue weighted by molar-refractivity contribution is 7.90. The van der Waals surface area contributed by atoms with Crippen LogP contribution in [0.25, 0.3) is 0 Å². The van der Waals surface area contributed by atoms with Gasteiger partial charge in [-0.2, -0.15) is 12.8 Å². The fourth-order valence-corrected chi connectivity index (χ4v) is 4.87. The van der Waals surface area contributed by atoms with Gasteiger partial charge in [0.25, 0.3) is 10.0 Å². The number of fused-ring (bicyclic) bond motifs is 1. The molecule has 0 spiro atoms. The van der Waals surface area contributed by atoms with Gasteiger partial charge >= 0.3 is 0 Å². The van der Waals surface area contributed by atoms with Crippen molar-refractivity contribution >= 4 is 16.2 Å². The van der Waals surface area contributed by atoms with Crippen molar-refractivity contribution in [2.45, 2.75) is 58.0 Å². The number of sulfonamides is 1. The van der Waals surface area contributed by atoms with E-state index in [0.717, 1.165) is 40.8 Å². The SMILES string of the molecule is Cc1c(C)c(S(=O)(=O)/N=C/c2ccccc2)c(C)c2c1OC(C)(C)CC2. The van der Waals surface area contributed by atoms with Crippen molar-refractivity contribution in [3.8, 4) is 5.75 Å². The standard InChI is InChI=1S/C21H25NO3S/c1-14-15(2)20(16(3)18-11-12-21(4,5)25-19(14)18)26(23,24)22-13-17-9-7-6-8-10-17/h6-10,13H,11-12H2,1-5H3/b22-13+. The molecule has 26 heavy (non-hydrogen) atoms. The molecule has 0 aliphatic carbocycles. The van der Waals surface area contributed by atoms with Crippen LogP contribution in [0.5, 0.6) is 5.75 Å². The third-order valence-corrected chi connectivity index (χ3v) is 6.58. The van der Waals surface area contributed by atoms with Crippen molar-refractivity contribution in [3.05, 3.63) is 58.1 Å². The molecule has 2 aromatic rings. The van der Waals surface area contributed by atoms with Gasteiger partial charge in [-0.05, 0) is 75.3 Å². The fraction of sp³-hybridized carbons (Fsp3) is 0.381. The first-order chi connectivity index (χ1) is 12.1. The van der Waals surface area contributed by atoms with E-state index in [1.807, 2.05) is 51.1 Å². The van der Waals surface area contributed by atoms with Crippen LogP contribution in [0.3, 0.4) is 0 Å². The quantitative estimate of drug-likeness (QED) is 0.745. The summed E-state index contributed by atoms with van der Waals surface area (Å²) in [5, 5.41) is 0. The maximum Gasteiger partial charge on any atom is 0.282 e. The third kappa shape index (κ3) is 3.40. The first-order valence-electron chi connectivity index (χ1n) is 8.79. The zero-order chi connectivity index (χ0) is 19.1. The Balaban J connectivity index is 2.11. The topological polar surface area (TPSA) is 55.7 Å². The smallest absolute Gasteiger partial charge is 0.282 e. The van der Waals surface area contributed by atoms with Gasteiger partial charge in [0.05, 0.1) is 4.90 Å². The fourth-order valence-electron chi connectivity index (χ4n) is 3.46. The highest BCUT2D eigenvalue weighted by Crippen LogP contribution is 2.42. The second kappa shape index (κ2) is 6.54. The number of ether oxygens (including phenoxy) is 1. The summed E-state index contributed by atoms with van der Waals surface area (Å²) in [7, 11) is -3.79. The van der Waals surface area contributed by atoms with Gasteiger partial charge in [0.15, 0.2) is 0 Å². The molecule has 0 atom stereocenters. The Bertz CT molecular complexity index is 974. The van der Waals surface area contributed by atoms with Crippen LogP contribution in [0.2, 0.25) is 0 Å². The molecule has 0 bridgehead atoms. The Morgan fingerprint density at radius 2 is 1.69 bits per heavy atom. The van der Waals surface area contributed by atoms with Gasteiger partial charge in [-0.25, -0.2) is 0 Å². The third-order valence-electron chi connectivity index (χ3n) is 5.06.